The lowest BCUT2D eigenvalue weighted by Gasteiger charge is -2.21. The molecule has 0 bridgehead atoms. The second-order valence-corrected chi connectivity index (χ2v) is 6.95. The third-order valence-electron chi connectivity index (χ3n) is 4.42. The summed E-state index contributed by atoms with van der Waals surface area (Å²) in [7, 11) is 1.35. The van der Waals surface area contributed by atoms with Gasteiger partial charge in [-0.05, 0) is 35.7 Å². The molecule has 0 saturated carbocycles. The molecule has 0 spiro atoms. The molecule has 1 atom stereocenters. The standard InChI is InChI=1S/C17H18N2O3S/c1-9(2)17(3)16(21)18-14(19-17)12-11(15(20)22-4)6-5-10-7-8-23-13(10)12/h5-9H,1-4H3,(H,18,19,21). The highest BCUT2D eigenvalue weighted by molar-refractivity contribution is 7.17. The van der Waals surface area contributed by atoms with Crippen molar-refractivity contribution in [3.05, 3.63) is 34.7 Å². The number of benzene rings is 1. The van der Waals surface area contributed by atoms with Crippen LogP contribution in [0, 0.1) is 5.92 Å². The van der Waals surface area contributed by atoms with E-state index in [2.05, 4.69) is 10.3 Å². The van der Waals surface area contributed by atoms with E-state index in [1.165, 1.54) is 18.4 Å². The van der Waals surface area contributed by atoms with Gasteiger partial charge in [0.25, 0.3) is 5.91 Å². The van der Waals surface area contributed by atoms with E-state index in [4.69, 9.17) is 4.74 Å². The number of fused-ring (bicyclic) bond motifs is 1. The lowest BCUT2D eigenvalue weighted by Crippen LogP contribution is -2.41. The minimum Gasteiger partial charge on any atom is -0.465 e. The van der Waals surface area contributed by atoms with Crippen LogP contribution in [0.3, 0.4) is 0 Å². The highest BCUT2D eigenvalue weighted by atomic mass is 32.1. The maximum absolute atomic E-state index is 12.4. The number of esters is 1. The molecule has 3 rings (SSSR count). The molecule has 0 aliphatic carbocycles. The molecular weight excluding hydrogens is 312 g/mol. The molecule has 1 aliphatic heterocycles. The Balaban J connectivity index is 2.25. The van der Waals surface area contributed by atoms with Gasteiger partial charge in [0.05, 0.1) is 12.7 Å². The average molecular weight is 330 g/mol. The number of nitrogens with one attached hydrogen (secondary N) is 1. The van der Waals surface area contributed by atoms with Crippen molar-refractivity contribution in [3.63, 3.8) is 0 Å². The molecule has 1 unspecified atom stereocenters. The van der Waals surface area contributed by atoms with Gasteiger partial charge < -0.3 is 10.1 Å². The predicted octanol–water partition coefficient (Wildman–Crippen LogP) is 2.98. The van der Waals surface area contributed by atoms with Crippen molar-refractivity contribution < 1.29 is 14.3 Å². The first-order valence-corrected chi connectivity index (χ1v) is 8.26. The van der Waals surface area contributed by atoms with E-state index >= 15 is 0 Å². The maximum Gasteiger partial charge on any atom is 0.338 e. The highest BCUT2D eigenvalue weighted by Gasteiger charge is 2.43. The monoisotopic (exact) mass is 330 g/mol. The van der Waals surface area contributed by atoms with Crippen LogP contribution in [0.5, 0.6) is 0 Å². The number of hydrogen-bond acceptors (Lipinski definition) is 5. The van der Waals surface area contributed by atoms with Crippen molar-refractivity contribution in [3.8, 4) is 0 Å². The van der Waals surface area contributed by atoms with Gasteiger partial charge in [-0.2, -0.15) is 0 Å². The minimum atomic E-state index is -0.831. The lowest BCUT2D eigenvalue weighted by atomic mass is 9.89. The van der Waals surface area contributed by atoms with Crippen LogP contribution in [0.15, 0.2) is 28.6 Å². The molecule has 0 radical (unpaired) electrons. The Morgan fingerprint density at radius 2 is 2.09 bits per heavy atom. The van der Waals surface area contributed by atoms with Gasteiger partial charge in [-0.1, -0.05) is 19.9 Å². The fraction of sp³-hybridized carbons (Fsp3) is 0.353. The Hall–Kier alpha value is -2.21. The largest absolute Gasteiger partial charge is 0.465 e. The Kier molecular flexibility index (Phi) is 3.72. The Bertz CT molecular complexity index is 837. The quantitative estimate of drug-likeness (QED) is 0.880. The lowest BCUT2D eigenvalue weighted by molar-refractivity contribution is -0.124. The van der Waals surface area contributed by atoms with E-state index in [0.29, 0.717) is 17.0 Å². The predicted molar refractivity (Wildman–Crippen MR) is 91.1 cm³/mol. The third kappa shape index (κ3) is 2.34. The SMILES string of the molecule is COC(=O)c1ccc2ccsc2c1C1=NC(C)(C(C)C)C(=O)N1. The second-order valence-electron chi connectivity index (χ2n) is 6.04. The summed E-state index contributed by atoms with van der Waals surface area (Å²) in [6, 6.07) is 5.57. The van der Waals surface area contributed by atoms with Crippen LogP contribution in [0.1, 0.15) is 36.7 Å². The molecule has 1 aliphatic rings. The molecule has 23 heavy (non-hydrogen) atoms. The third-order valence-corrected chi connectivity index (χ3v) is 5.37. The van der Waals surface area contributed by atoms with Crippen molar-refractivity contribution in [2.45, 2.75) is 26.3 Å². The zero-order valence-electron chi connectivity index (χ0n) is 13.5. The Labute approximate surface area is 138 Å². The van der Waals surface area contributed by atoms with Crippen molar-refractivity contribution in [2.24, 2.45) is 10.9 Å². The molecular formula is C17H18N2O3S. The van der Waals surface area contributed by atoms with Gasteiger partial charge in [0.15, 0.2) is 0 Å². The van der Waals surface area contributed by atoms with Gasteiger partial charge in [0, 0.05) is 10.3 Å². The Morgan fingerprint density at radius 3 is 2.70 bits per heavy atom. The molecule has 0 saturated heterocycles. The minimum absolute atomic E-state index is 0.0455. The number of rotatable bonds is 3. The molecule has 5 nitrogen and oxygen atoms in total. The normalized spacial score (nSPS) is 20.7. The van der Waals surface area contributed by atoms with Gasteiger partial charge in [0.1, 0.15) is 11.4 Å². The summed E-state index contributed by atoms with van der Waals surface area (Å²) in [4.78, 5) is 29.2. The fourth-order valence-electron chi connectivity index (χ4n) is 2.60. The molecule has 2 aromatic rings. The molecule has 1 amide bonds. The Morgan fingerprint density at radius 1 is 1.35 bits per heavy atom. The van der Waals surface area contributed by atoms with Crippen LogP contribution in [0.4, 0.5) is 0 Å². The van der Waals surface area contributed by atoms with Gasteiger partial charge in [0.2, 0.25) is 0 Å². The van der Waals surface area contributed by atoms with E-state index in [9.17, 15) is 9.59 Å². The summed E-state index contributed by atoms with van der Waals surface area (Å²) < 4.78 is 5.80. The average Bonchev–Trinajstić information content (AvgIpc) is 3.11. The van der Waals surface area contributed by atoms with Gasteiger partial charge in [-0.15, -0.1) is 11.3 Å². The summed E-state index contributed by atoms with van der Waals surface area (Å²) in [5.41, 5.74) is 0.221. The molecule has 6 heteroatoms. The molecule has 120 valence electrons. The second kappa shape index (κ2) is 5.45. The van der Waals surface area contributed by atoms with E-state index in [0.717, 1.165) is 10.1 Å². The summed E-state index contributed by atoms with van der Waals surface area (Å²) in [6.45, 7) is 5.73. The summed E-state index contributed by atoms with van der Waals surface area (Å²) >= 11 is 1.51. The number of ether oxygens (including phenoxy) is 1. The van der Waals surface area contributed by atoms with Crippen molar-refractivity contribution in [1.82, 2.24) is 5.32 Å². The van der Waals surface area contributed by atoms with Gasteiger partial charge >= 0.3 is 5.97 Å². The zero-order chi connectivity index (χ0) is 16.8. The summed E-state index contributed by atoms with van der Waals surface area (Å²) in [5.74, 6) is -0.0963. The van der Waals surface area contributed by atoms with Gasteiger partial charge in [-0.3, -0.25) is 9.79 Å². The number of carbonyl (C=O) groups is 2. The van der Waals surface area contributed by atoms with Crippen LogP contribution in [0.25, 0.3) is 10.1 Å². The van der Waals surface area contributed by atoms with E-state index < -0.39 is 11.5 Å². The number of nitrogens with zero attached hydrogens (tertiary/aromatic N) is 1. The first kappa shape index (κ1) is 15.7. The van der Waals surface area contributed by atoms with Crippen LogP contribution in [-0.4, -0.2) is 30.4 Å². The summed E-state index contributed by atoms with van der Waals surface area (Å²) in [6.07, 6.45) is 0. The molecule has 1 aromatic heterocycles. The van der Waals surface area contributed by atoms with Gasteiger partial charge in [-0.25, -0.2) is 4.79 Å². The first-order chi connectivity index (χ1) is 10.9. The number of carbonyl (C=O) groups excluding carboxylic acids is 2. The van der Waals surface area contributed by atoms with E-state index in [-0.39, 0.29) is 11.8 Å². The number of aliphatic imine (C=N–C) groups is 1. The topological polar surface area (TPSA) is 67.8 Å². The van der Waals surface area contributed by atoms with Crippen molar-refractivity contribution in [1.29, 1.82) is 0 Å². The summed E-state index contributed by atoms with van der Waals surface area (Å²) in [5, 5.41) is 5.81. The van der Waals surface area contributed by atoms with E-state index in [1.54, 1.807) is 6.07 Å². The molecule has 2 heterocycles. The first-order valence-electron chi connectivity index (χ1n) is 7.38. The molecule has 1 aromatic carbocycles. The number of thiophene rings is 1. The zero-order valence-corrected chi connectivity index (χ0v) is 14.3. The van der Waals surface area contributed by atoms with Crippen molar-refractivity contribution >= 4 is 39.1 Å². The molecule has 0 fully saturated rings. The number of hydrogen-bond donors (Lipinski definition) is 1. The van der Waals surface area contributed by atoms with Crippen molar-refractivity contribution in [2.75, 3.05) is 7.11 Å². The fourth-order valence-corrected chi connectivity index (χ4v) is 3.55. The van der Waals surface area contributed by atoms with Crippen LogP contribution in [-0.2, 0) is 9.53 Å². The van der Waals surface area contributed by atoms with E-state index in [1.807, 2.05) is 38.3 Å². The maximum atomic E-state index is 12.4. The number of amides is 1. The van der Waals surface area contributed by atoms with Crippen LogP contribution < -0.4 is 5.32 Å². The smallest absolute Gasteiger partial charge is 0.338 e. The number of amidine groups is 1. The highest BCUT2D eigenvalue weighted by Crippen LogP contribution is 2.33. The molecule has 1 N–H and O–H groups in total. The van der Waals surface area contributed by atoms with Crippen LogP contribution in [0.2, 0.25) is 0 Å². The number of methoxy groups -OCH3 is 1. The van der Waals surface area contributed by atoms with Crippen LogP contribution >= 0.6 is 11.3 Å².